The molecule has 0 aliphatic rings. The molecule has 1 heterocycles. The van der Waals surface area contributed by atoms with Gasteiger partial charge in [-0.2, -0.15) is 11.8 Å². The molecule has 0 atom stereocenters. The van der Waals surface area contributed by atoms with Crippen LogP contribution in [0.5, 0.6) is 0 Å². The molecule has 1 aromatic rings. The molecule has 0 aliphatic carbocycles. The first kappa shape index (κ1) is 14.8. The summed E-state index contributed by atoms with van der Waals surface area (Å²) in [5, 5.41) is 3.47. The molecule has 0 aromatic carbocycles. The summed E-state index contributed by atoms with van der Waals surface area (Å²) in [5.74, 6) is 0.949. The van der Waals surface area contributed by atoms with E-state index in [0.29, 0.717) is 4.75 Å². The lowest BCUT2D eigenvalue weighted by molar-refractivity contribution is 0.574. The molecule has 0 radical (unpaired) electrons. The number of anilines is 1. The van der Waals surface area contributed by atoms with Crippen molar-refractivity contribution in [2.75, 3.05) is 18.1 Å². The van der Waals surface area contributed by atoms with E-state index in [1.54, 1.807) is 0 Å². The molecule has 0 unspecified atom stereocenters. The van der Waals surface area contributed by atoms with Crippen molar-refractivity contribution in [2.45, 2.75) is 38.4 Å². The topological polar surface area (TPSA) is 24.9 Å². The van der Waals surface area contributed by atoms with Gasteiger partial charge in [0.25, 0.3) is 0 Å². The van der Waals surface area contributed by atoms with E-state index in [0.717, 1.165) is 16.8 Å². The van der Waals surface area contributed by atoms with Crippen LogP contribution in [0.3, 0.4) is 0 Å². The second-order valence-electron chi connectivity index (χ2n) is 4.24. The Morgan fingerprint density at radius 3 is 2.59 bits per heavy atom. The molecule has 0 fully saturated rings. The van der Waals surface area contributed by atoms with E-state index in [1.165, 1.54) is 18.4 Å². The van der Waals surface area contributed by atoms with Gasteiger partial charge < -0.3 is 5.32 Å². The van der Waals surface area contributed by atoms with E-state index < -0.39 is 0 Å². The molecule has 0 aliphatic heterocycles. The first-order chi connectivity index (χ1) is 8.08. The van der Waals surface area contributed by atoms with Crippen LogP contribution in [0.4, 0.5) is 5.82 Å². The van der Waals surface area contributed by atoms with E-state index >= 15 is 0 Å². The maximum atomic E-state index is 4.38. The molecule has 0 spiro atoms. The Kier molecular flexibility index (Phi) is 5.80. The number of aromatic nitrogens is 1. The number of thioether (sulfide) groups is 1. The third-order valence-corrected chi connectivity index (χ3v) is 5.97. The van der Waals surface area contributed by atoms with Gasteiger partial charge in [0.1, 0.15) is 5.82 Å². The first-order valence-corrected chi connectivity index (χ1v) is 8.00. The summed E-state index contributed by atoms with van der Waals surface area (Å²) in [6.07, 6.45) is 6.37. The fourth-order valence-corrected chi connectivity index (χ4v) is 2.94. The molecular weight excluding hydrogens is 296 g/mol. The maximum absolute atomic E-state index is 4.38. The van der Waals surface area contributed by atoms with Crippen molar-refractivity contribution in [2.24, 2.45) is 0 Å². The van der Waals surface area contributed by atoms with E-state index in [9.17, 15) is 0 Å². The Morgan fingerprint density at radius 1 is 1.41 bits per heavy atom. The van der Waals surface area contributed by atoms with E-state index in [2.05, 4.69) is 53.3 Å². The van der Waals surface area contributed by atoms with Crippen LogP contribution in [0.15, 0.2) is 16.7 Å². The van der Waals surface area contributed by atoms with Crippen LogP contribution in [0.2, 0.25) is 0 Å². The predicted molar refractivity (Wildman–Crippen MR) is 82.0 cm³/mol. The number of pyridine rings is 1. The third-order valence-electron chi connectivity index (χ3n) is 3.38. The number of nitrogens with one attached hydrogen (secondary N) is 1. The van der Waals surface area contributed by atoms with Gasteiger partial charge in [-0.15, -0.1) is 0 Å². The average Bonchev–Trinajstić information content (AvgIpc) is 2.36. The Hall–Kier alpha value is -0.220. The van der Waals surface area contributed by atoms with Crippen molar-refractivity contribution in [1.82, 2.24) is 4.98 Å². The molecule has 0 amide bonds. The highest BCUT2D eigenvalue weighted by molar-refractivity contribution is 9.10. The van der Waals surface area contributed by atoms with Crippen LogP contribution in [0.25, 0.3) is 0 Å². The van der Waals surface area contributed by atoms with Crippen molar-refractivity contribution >= 4 is 33.5 Å². The van der Waals surface area contributed by atoms with Crippen molar-refractivity contribution in [3.8, 4) is 0 Å². The molecule has 0 bridgehead atoms. The van der Waals surface area contributed by atoms with E-state index in [-0.39, 0.29) is 0 Å². The quantitative estimate of drug-likeness (QED) is 0.837. The highest BCUT2D eigenvalue weighted by Gasteiger charge is 2.24. The van der Waals surface area contributed by atoms with Crippen LogP contribution in [-0.4, -0.2) is 22.5 Å². The average molecular weight is 317 g/mol. The second-order valence-corrected chi connectivity index (χ2v) is 6.31. The smallest absolute Gasteiger partial charge is 0.140 e. The molecule has 2 nitrogen and oxygen atoms in total. The minimum Gasteiger partial charge on any atom is -0.368 e. The zero-order valence-corrected chi connectivity index (χ0v) is 13.4. The van der Waals surface area contributed by atoms with E-state index in [1.807, 2.05) is 24.0 Å². The number of aryl methyl sites for hydroxylation is 1. The lowest BCUT2D eigenvalue weighted by Gasteiger charge is -2.30. The number of hydrogen-bond acceptors (Lipinski definition) is 3. The van der Waals surface area contributed by atoms with Crippen molar-refractivity contribution in [3.63, 3.8) is 0 Å². The Bertz CT molecular complexity index is 356. The summed E-state index contributed by atoms with van der Waals surface area (Å²) in [6.45, 7) is 7.54. The molecule has 17 heavy (non-hydrogen) atoms. The number of halogens is 1. The molecule has 1 rings (SSSR count). The summed E-state index contributed by atoms with van der Waals surface area (Å²) >= 11 is 5.52. The van der Waals surface area contributed by atoms with E-state index in [4.69, 9.17) is 0 Å². The van der Waals surface area contributed by atoms with Crippen LogP contribution in [0, 0.1) is 6.92 Å². The van der Waals surface area contributed by atoms with Gasteiger partial charge in [0.15, 0.2) is 0 Å². The molecule has 1 aromatic heterocycles. The first-order valence-electron chi connectivity index (χ1n) is 5.98. The largest absolute Gasteiger partial charge is 0.368 e. The second kappa shape index (κ2) is 6.64. The summed E-state index contributed by atoms with van der Waals surface area (Å²) in [5.41, 5.74) is 1.21. The number of nitrogens with zero attached hydrogens (tertiary/aromatic N) is 1. The monoisotopic (exact) mass is 316 g/mol. The Morgan fingerprint density at radius 2 is 2.06 bits per heavy atom. The predicted octanol–water partition coefficient (Wildman–Crippen LogP) is 4.49. The van der Waals surface area contributed by atoms with Gasteiger partial charge in [-0.05, 0) is 53.6 Å². The summed E-state index contributed by atoms with van der Waals surface area (Å²) in [6, 6.07) is 2.01. The zero-order valence-electron chi connectivity index (χ0n) is 11.0. The minimum absolute atomic E-state index is 0.310. The van der Waals surface area contributed by atoms with Gasteiger partial charge in [0, 0.05) is 17.5 Å². The van der Waals surface area contributed by atoms with Crippen LogP contribution in [-0.2, 0) is 0 Å². The fraction of sp³-hybridized carbons (Fsp3) is 0.615. The van der Waals surface area contributed by atoms with Crippen LogP contribution >= 0.6 is 27.7 Å². The highest BCUT2D eigenvalue weighted by atomic mass is 79.9. The number of hydrogen-bond donors (Lipinski definition) is 1. The molecular formula is C13H21BrN2S. The molecule has 4 heteroatoms. The normalized spacial score (nSPS) is 11.6. The molecule has 0 saturated carbocycles. The van der Waals surface area contributed by atoms with Crippen LogP contribution in [0.1, 0.15) is 32.3 Å². The third kappa shape index (κ3) is 3.62. The van der Waals surface area contributed by atoms with Crippen molar-refractivity contribution < 1.29 is 0 Å². The van der Waals surface area contributed by atoms with Gasteiger partial charge >= 0.3 is 0 Å². The zero-order chi connectivity index (χ0) is 12.9. The summed E-state index contributed by atoms with van der Waals surface area (Å²) in [4.78, 5) is 4.38. The summed E-state index contributed by atoms with van der Waals surface area (Å²) < 4.78 is 1.38. The SMILES string of the molecule is CCC(CC)(CNc1nccc(C)c1Br)SC. The van der Waals surface area contributed by atoms with Crippen molar-refractivity contribution in [1.29, 1.82) is 0 Å². The van der Waals surface area contributed by atoms with Gasteiger partial charge in [-0.1, -0.05) is 13.8 Å². The summed E-state index contributed by atoms with van der Waals surface area (Å²) in [7, 11) is 0. The Balaban J connectivity index is 2.75. The number of rotatable bonds is 6. The van der Waals surface area contributed by atoms with Gasteiger partial charge in [-0.3, -0.25) is 0 Å². The maximum Gasteiger partial charge on any atom is 0.140 e. The highest BCUT2D eigenvalue weighted by Crippen LogP contribution is 2.31. The fourth-order valence-electron chi connectivity index (χ4n) is 1.77. The van der Waals surface area contributed by atoms with Crippen molar-refractivity contribution in [3.05, 3.63) is 22.3 Å². The molecule has 96 valence electrons. The van der Waals surface area contributed by atoms with Gasteiger partial charge in [0.2, 0.25) is 0 Å². The van der Waals surface area contributed by atoms with Crippen LogP contribution < -0.4 is 5.32 Å². The van der Waals surface area contributed by atoms with Gasteiger partial charge in [-0.25, -0.2) is 4.98 Å². The van der Waals surface area contributed by atoms with Gasteiger partial charge in [0.05, 0.1) is 4.47 Å². The Labute approximate surface area is 117 Å². The molecule has 0 saturated heterocycles. The standard InChI is InChI=1S/C13H21BrN2S/c1-5-13(6-2,17-4)9-16-12-11(14)10(3)7-8-15-12/h7-8H,5-6,9H2,1-4H3,(H,15,16). The lowest BCUT2D eigenvalue weighted by Crippen LogP contribution is -2.32. The molecule has 1 N–H and O–H groups in total. The lowest BCUT2D eigenvalue weighted by atomic mass is 10.0. The minimum atomic E-state index is 0.310.